The van der Waals surface area contributed by atoms with Gasteiger partial charge in [0.15, 0.2) is 0 Å². The van der Waals surface area contributed by atoms with Crippen LogP contribution in [-0.2, 0) is 4.79 Å². The van der Waals surface area contributed by atoms with Crippen LogP contribution in [0.25, 0.3) is 10.2 Å². The number of hydrogen-bond donors (Lipinski definition) is 2. The summed E-state index contributed by atoms with van der Waals surface area (Å²) in [6, 6.07) is 14.0. The Morgan fingerprint density at radius 3 is 2.78 bits per heavy atom. The van der Waals surface area contributed by atoms with Crippen LogP contribution in [0.5, 0.6) is 0 Å². The van der Waals surface area contributed by atoms with E-state index in [2.05, 4.69) is 56.3 Å². The monoisotopic (exact) mass is 381 g/mol. The molecule has 0 saturated carbocycles. The van der Waals surface area contributed by atoms with Crippen LogP contribution in [0.15, 0.2) is 42.5 Å². The van der Waals surface area contributed by atoms with E-state index in [0.29, 0.717) is 0 Å². The van der Waals surface area contributed by atoms with Crippen molar-refractivity contribution in [1.82, 2.24) is 19.8 Å². The number of carbonyl (C=O) groups is 1. The van der Waals surface area contributed by atoms with Gasteiger partial charge in [0.2, 0.25) is 5.91 Å². The molecule has 0 spiro atoms. The number of aromatic nitrogens is 2. The van der Waals surface area contributed by atoms with E-state index in [-0.39, 0.29) is 11.8 Å². The topological polar surface area (TPSA) is 70.2 Å². The number of piperazine rings is 1. The molecule has 2 N–H and O–H groups in total. The van der Waals surface area contributed by atoms with E-state index in [0.717, 1.165) is 54.2 Å². The number of benzene rings is 2. The maximum absolute atomic E-state index is 13.2. The summed E-state index contributed by atoms with van der Waals surface area (Å²) in [6.45, 7) is 6.66. The highest BCUT2D eigenvalue weighted by Gasteiger charge is 2.24. The third kappa shape index (κ3) is 4.32. The third-order valence-electron chi connectivity index (χ3n) is 4.96. The van der Waals surface area contributed by atoms with Gasteiger partial charge in [-0.25, -0.2) is 0 Å². The third-order valence-corrected chi connectivity index (χ3v) is 5.65. The zero-order valence-electron chi connectivity index (χ0n) is 15.3. The molecule has 1 unspecified atom stereocenters. The van der Waals surface area contributed by atoms with Gasteiger partial charge in [-0.05, 0) is 42.2 Å². The summed E-state index contributed by atoms with van der Waals surface area (Å²) in [6.07, 6.45) is 0. The van der Waals surface area contributed by atoms with E-state index in [1.54, 1.807) is 0 Å². The van der Waals surface area contributed by atoms with E-state index in [1.165, 1.54) is 17.1 Å². The molecule has 1 amide bonds. The number of carbonyl (C=O) groups excluding carboxylic acids is 1. The first kappa shape index (κ1) is 18.0. The number of aryl methyl sites for hydroxylation is 1. The van der Waals surface area contributed by atoms with Crippen LogP contribution in [0, 0.1) is 6.92 Å². The molecular formula is C20H23N5OS. The van der Waals surface area contributed by atoms with Gasteiger partial charge in [-0.1, -0.05) is 34.3 Å². The van der Waals surface area contributed by atoms with Crippen LogP contribution in [0.2, 0.25) is 0 Å². The number of rotatable bonds is 5. The summed E-state index contributed by atoms with van der Waals surface area (Å²) in [5.74, 6) is -0.187. The van der Waals surface area contributed by atoms with Gasteiger partial charge in [-0.3, -0.25) is 9.69 Å². The Bertz CT molecular complexity index is 918. The van der Waals surface area contributed by atoms with E-state index in [4.69, 9.17) is 0 Å². The maximum atomic E-state index is 13.2. The molecule has 27 heavy (non-hydrogen) atoms. The smallest absolute Gasteiger partial charge is 0.233 e. The second-order valence-electron chi connectivity index (χ2n) is 6.96. The van der Waals surface area contributed by atoms with Crippen molar-refractivity contribution in [2.75, 3.05) is 38.0 Å². The van der Waals surface area contributed by atoms with Crippen molar-refractivity contribution in [2.24, 2.45) is 0 Å². The molecule has 1 aromatic heterocycles. The van der Waals surface area contributed by atoms with Gasteiger partial charge in [0.1, 0.15) is 5.52 Å². The standard InChI is InChI=1S/C20H23N5OS/c1-14-2-4-15(5-3-14)17(13-25-10-8-21-9-11-25)20(26)22-16-6-7-18-19(12-16)27-24-23-18/h2-7,12,17,21H,8-11,13H2,1H3,(H,22,26). The van der Waals surface area contributed by atoms with E-state index >= 15 is 0 Å². The molecule has 6 nitrogen and oxygen atoms in total. The highest BCUT2D eigenvalue weighted by Crippen LogP contribution is 2.24. The fourth-order valence-corrected chi connectivity index (χ4v) is 3.97. The summed E-state index contributed by atoms with van der Waals surface area (Å²) in [7, 11) is 0. The molecule has 1 aliphatic rings. The minimum absolute atomic E-state index is 0.0224. The van der Waals surface area contributed by atoms with Crippen LogP contribution in [0.4, 0.5) is 5.69 Å². The van der Waals surface area contributed by atoms with Gasteiger partial charge < -0.3 is 10.6 Å². The normalized spacial score (nSPS) is 16.3. The van der Waals surface area contributed by atoms with Gasteiger partial charge in [0.25, 0.3) is 0 Å². The summed E-state index contributed by atoms with van der Waals surface area (Å²) < 4.78 is 4.93. The Balaban J connectivity index is 1.55. The van der Waals surface area contributed by atoms with Crippen LogP contribution >= 0.6 is 11.5 Å². The molecule has 2 heterocycles. The maximum Gasteiger partial charge on any atom is 0.233 e. The average Bonchev–Trinajstić information content (AvgIpc) is 3.15. The Morgan fingerprint density at radius 1 is 1.22 bits per heavy atom. The second-order valence-corrected chi connectivity index (χ2v) is 7.74. The summed E-state index contributed by atoms with van der Waals surface area (Å²) in [5.41, 5.74) is 3.89. The first-order valence-corrected chi connectivity index (χ1v) is 9.99. The predicted molar refractivity (Wildman–Crippen MR) is 109 cm³/mol. The van der Waals surface area contributed by atoms with Crippen LogP contribution < -0.4 is 10.6 Å². The highest BCUT2D eigenvalue weighted by atomic mass is 32.1. The zero-order chi connectivity index (χ0) is 18.6. The first-order valence-electron chi connectivity index (χ1n) is 9.22. The van der Waals surface area contributed by atoms with Gasteiger partial charge in [0.05, 0.1) is 10.6 Å². The van der Waals surface area contributed by atoms with Gasteiger partial charge >= 0.3 is 0 Å². The molecule has 0 radical (unpaired) electrons. The molecule has 1 aliphatic heterocycles. The SMILES string of the molecule is Cc1ccc(C(CN2CCNCC2)C(=O)Nc2ccc3nnsc3c2)cc1. The highest BCUT2D eigenvalue weighted by molar-refractivity contribution is 7.12. The van der Waals surface area contributed by atoms with Crippen molar-refractivity contribution in [2.45, 2.75) is 12.8 Å². The van der Waals surface area contributed by atoms with Crippen molar-refractivity contribution in [3.63, 3.8) is 0 Å². The van der Waals surface area contributed by atoms with Crippen molar-refractivity contribution in [3.05, 3.63) is 53.6 Å². The van der Waals surface area contributed by atoms with Crippen molar-refractivity contribution in [1.29, 1.82) is 0 Å². The molecule has 2 aromatic carbocycles. The number of hydrogen-bond acceptors (Lipinski definition) is 6. The molecular weight excluding hydrogens is 358 g/mol. The lowest BCUT2D eigenvalue weighted by Crippen LogP contribution is -2.46. The molecule has 3 aromatic rings. The number of nitrogens with zero attached hydrogens (tertiary/aromatic N) is 3. The molecule has 140 valence electrons. The van der Waals surface area contributed by atoms with Crippen LogP contribution in [-0.4, -0.2) is 53.1 Å². The Morgan fingerprint density at radius 2 is 2.00 bits per heavy atom. The summed E-state index contributed by atoms with van der Waals surface area (Å²) >= 11 is 1.34. The molecule has 1 saturated heterocycles. The largest absolute Gasteiger partial charge is 0.325 e. The predicted octanol–water partition coefficient (Wildman–Crippen LogP) is 2.63. The van der Waals surface area contributed by atoms with Crippen molar-refractivity contribution in [3.8, 4) is 0 Å². The van der Waals surface area contributed by atoms with Gasteiger partial charge in [-0.2, -0.15) is 0 Å². The molecule has 1 atom stereocenters. The Labute approximate surface area is 162 Å². The van der Waals surface area contributed by atoms with Gasteiger partial charge in [0, 0.05) is 38.4 Å². The minimum atomic E-state index is -0.209. The Hall–Kier alpha value is -2.35. The fraction of sp³-hybridized carbons (Fsp3) is 0.350. The van der Waals surface area contributed by atoms with Crippen molar-refractivity contribution >= 4 is 33.3 Å². The lowest BCUT2D eigenvalue weighted by atomic mass is 9.96. The number of fused-ring (bicyclic) bond motifs is 1. The first-order chi connectivity index (χ1) is 13.2. The lowest BCUT2D eigenvalue weighted by molar-refractivity contribution is -0.118. The lowest BCUT2D eigenvalue weighted by Gasteiger charge is -2.30. The van der Waals surface area contributed by atoms with Crippen molar-refractivity contribution < 1.29 is 4.79 Å². The number of nitrogens with one attached hydrogen (secondary N) is 2. The fourth-order valence-electron chi connectivity index (χ4n) is 3.38. The van der Waals surface area contributed by atoms with E-state index < -0.39 is 0 Å². The Kier molecular flexibility index (Phi) is 5.42. The average molecular weight is 382 g/mol. The van der Waals surface area contributed by atoms with E-state index in [9.17, 15) is 4.79 Å². The molecule has 0 bridgehead atoms. The second kappa shape index (κ2) is 8.12. The number of amides is 1. The quantitative estimate of drug-likeness (QED) is 0.711. The van der Waals surface area contributed by atoms with Crippen LogP contribution in [0.3, 0.4) is 0 Å². The molecule has 4 rings (SSSR count). The molecule has 0 aliphatic carbocycles. The van der Waals surface area contributed by atoms with Gasteiger partial charge in [-0.15, -0.1) is 5.10 Å². The molecule has 1 fully saturated rings. The molecule has 7 heteroatoms. The zero-order valence-corrected chi connectivity index (χ0v) is 16.1. The van der Waals surface area contributed by atoms with Crippen LogP contribution in [0.1, 0.15) is 17.0 Å². The summed E-state index contributed by atoms with van der Waals surface area (Å²) in [5, 5.41) is 10.5. The van der Waals surface area contributed by atoms with E-state index in [1.807, 2.05) is 18.2 Å². The number of anilines is 1. The summed E-state index contributed by atoms with van der Waals surface area (Å²) in [4.78, 5) is 15.5. The minimum Gasteiger partial charge on any atom is -0.325 e.